The van der Waals surface area contributed by atoms with Gasteiger partial charge in [-0.05, 0) is 84.4 Å². The lowest BCUT2D eigenvalue weighted by atomic mass is 10.1. The molecule has 1 saturated heterocycles. The Kier molecular flexibility index (Phi) is 9.09. The summed E-state index contributed by atoms with van der Waals surface area (Å²) in [5.41, 5.74) is 1.81. The molecule has 3 aromatic rings. The maximum atomic E-state index is 13.1. The highest BCUT2D eigenvalue weighted by molar-refractivity contribution is 9.10. The lowest BCUT2D eigenvalue weighted by molar-refractivity contribution is -0.123. The first-order valence-electron chi connectivity index (χ1n) is 11.4. The van der Waals surface area contributed by atoms with Crippen molar-refractivity contribution >= 4 is 68.1 Å². The van der Waals surface area contributed by atoms with Crippen molar-refractivity contribution in [3.05, 3.63) is 92.0 Å². The van der Waals surface area contributed by atoms with Crippen LogP contribution in [-0.2, 0) is 16.1 Å². The van der Waals surface area contributed by atoms with Gasteiger partial charge in [0.15, 0.2) is 18.1 Å². The van der Waals surface area contributed by atoms with Gasteiger partial charge in [0.1, 0.15) is 5.82 Å². The summed E-state index contributed by atoms with van der Waals surface area (Å²) in [4.78, 5) is 39.3. The molecule has 38 heavy (non-hydrogen) atoms. The Labute approximate surface area is 236 Å². The SMILES string of the molecule is CCOc1cc(/C=C2/SC(=O)N(Cc3ccc(Cl)cc3)C2=O)c(Br)cc1OCC(=O)Nc1ccc(F)cc1. The van der Waals surface area contributed by atoms with E-state index < -0.39 is 17.6 Å². The molecule has 1 fully saturated rings. The molecule has 3 aromatic carbocycles. The summed E-state index contributed by atoms with van der Waals surface area (Å²) in [6.07, 6.45) is 1.60. The van der Waals surface area contributed by atoms with Crippen molar-refractivity contribution in [1.82, 2.24) is 4.90 Å². The molecule has 4 rings (SSSR count). The quantitative estimate of drug-likeness (QED) is 0.263. The Morgan fingerprint density at radius 1 is 1.08 bits per heavy atom. The number of nitrogens with one attached hydrogen (secondary N) is 1. The normalized spacial score (nSPS) is 14.2. The zero-order valence-electron chi connectivity index (χ0n) is 20.0. The second kappa shape index (κ2) is 12.5. The number of thioether (sulfide) groups is 1. The van der Waals surface area contributed by atoms with E-state index in [2.05, 4.69) is 21.2 Å². The smallest absolute Gasteiger partial charge is 0.293 e. The number of carbonyl (C=O) groups excluding carboxylic acids is 3. The van der Waals surface area contributed by atoms with Crippen molar-refractivity contribution in [3.8, 4) is 11.5 Å². The summed E-state index contributed by atoms with van der Waals surface area (Å²) in [6, 6.07) is 15.6. The van der Waals surface area contributed by atoms with Gasteiger partial charge in [0, 0.05) is 15.2 Å². The van der Waals surface area contributed by atoms with Crippen LogP contribution in [-0.4, -0.2) is 35.2 Å². The maximum Gasteiger partial charge on any atom is 0.293 e. The molecule has 0 saturated carbocycles. The molecule has 0 spiro atoms. The molecule has 0 radical (unpaired) electrons. The van der Waals surface area contributed by atoms with Crippen molar-refractivity contribution in [1.29, 1.82) is 0 Å². The average molecular weight is 620 g/mol. The molecule has 0 aliphatic carbocycles. The number of ether oxygens (including phenoxy) is 2. The Balaban J connectivity index is 1.48. The highest BCUT2D eigenvalue weighted by atomic mass is 79.9. The van der Waals surface area contributed by atoms with Crippen LogP contribution in [0.25, 0.3) is 6.08 Å². The third-order valence-electron chi connectivity index (χ3n) is 5.26. The van der Waals surface area contributed by atoms with Crippen molar-refractivity contribution in [3.63, 3.8) is 0 Å². The van der Waals surface area contributed by atoms with Gasteiger partial charge in [-0.25, -0.2) is 4.39 Å². The van der Waals surface area contributed by atoms with Crippen LogP contribution in [0.3, 0.4) is 0 Å². The Morgan fingerprint density at radius 3 is 2.45 bits per heavy atom. The van der Waals surface area contributed by atoms with Gasteiger partial charge in [0.25, 0.3) is 17.1 Å². The van der Waals surface area contributed by atoms with Gasteiger partial charge in [-0.3, -0.25) is 19.3 Å². The van der Waals surface area contributed by atoms with Crippen LogP contribution in [0, 0.1) is 5.82 Å². The van der Waals surface area contributed by atoms with Crippen molar-refractivity contribution in [2.45, 2.75) is 13.5 Å². The summed E-state index contributed by atoms with van der Waals surface area (Å²) in [7, 11) is 0. The lowest BCUT2D eigenvalue weighted by Crippen LogP contribution is -2.27. The van der Waals surface area contributed by atoms with E-state index in [4.69, 9.17) is 21.1 Å². The second-order valence-corrected chi connectivity index (χ2v) is 10.3. The Bertz CT molecular complexity index is 1400. The largest absolute Gasteiger partial charge is 0.490 e. The fourth-order valence-corrected chi connectivity index (χ4v) is 4.86. The molecule has 1 heterocycles. The molecule has 0 bridgehead atoms. The van der Waals surface area contributed by atoms with Crippen LogP contribution >= 0.6 is 39.3 Å². The standard InChI is InChI=1S/C27H21BrClFN2O5S/c1-2-36-22-11-17(12-24-26(34)32(27(35)38-24)14-16-3-5-18(29)6-4-16)21(28)13-23(22)37-15-25(33)31-20-9-7-19(30)8-10-20/h3-13H,2,14-15H2,1H3,(H,31,33)/b24-12+. The first-order chi connectivity index (χ1) is 18.2. The molecule has 0 atom stereocenters. The van der Waals surface area contributed by atoms with E-state index in [1.165, 1.54) is 29.2 Å². The maximum absolute atomic E-state index is 13.1. The van der Waals surface area contributed by atoms with Gasteiger partial charge < -0.3 is 14.8 Å². The minimum atomic E-state index is -0.436. The minimum Gasteiger partial charge on any atom is -0.490 e. The molecule has 1 aliphatic rings. The number of carbonyl (C=O) groups is 3. The van der Waals surface area contributed by atoms with Crippen LogP contribution in [0.4, 0.5) is 14.9 Å². The monoisotopic (exact) mass is 618 g/mol. The minimum absolute atomic E-state index is 0.136. The van der Waals surface area contributed by atoms with Crippen molar-refractivity contribution < 1.29 is 28.2 Å². The molecular weight excluding hydrogens is 599 g/mol. The van der Waals surface area contributed by atoms with E-state index in [1.807, 2.05) is 0 Å². The number of nitrogens with zero attached hydrogens (tertiary/aromatic N) is 1. The third kappa shape index (κ3) is 6.94. The van der Waals surface area contributed by atoms with E-state index >= 15 is 0 Å². The highest BCUT2D eigenvalue weighted by Crippen LogP contribution is 2.38. The van der Waals surface area contributed by atoms with Gasteiger partial charge in [0.05, 0.1) is 18.1 Å². The highest BCUT2D eigenvalue weighted by Gasteiger charge is 2.35. The summed E-state index contributed by atoms with van der Waals surface area (Å²) >= 11 is 10.2. The van der Waals surface area contributed by atoms with Gasteiger partial charge >= 0.3 is 0 Å². The van der Waals surface area contributed by atoms with Crippen LogP contribution in [0.2, 0.25) is 5.02 Å². The Hall–Kier alpha value is -3.34. The summed E-state index contributed by atoms with van der Waals surface area (Å²) < 4.78 is 25.0. The predicted octanol–water partition coefficient (Wildman–Crippen LogP) is 6.89. The van der Waals surface area contributed by atoms with Gasteiger partial charge in [-0.1, -0.05) is 39.7 Å². The zero-order valence-corrected chi connectivity index (χ0v) is 23.2. The van der Waals surface area contributed by atoms with Gasteiger partial charge in [-0.2, -0.15) is 0 Å². The summed E-state index contributed by atoms with van der Waals surface area (Å²) in [5, 5.41) is 2.82. The summed E-state index contributed by atoms with van der Waals surface area (Å²) in [6.45, 7) is 1.95. The fraction of sp³-hybridized carbons (Fsp3) is 0.148. The number of amides is 3. The molecule has 3 amide bonds. The van der Waals surface area contributed by atoms with Crippen molar-refractivity contribution in [2.24, 2.45) is 0 Å². The Morgan fingerprint density at radius 2 is 1.76 bits per heavy atom. The lowest BCUT2D eigenvalue weighted by Gasteiger charge is -2.14. The fourth-order valence-electron chi connectivity index (χ4n) is 3.47. The number of halogens is 3. The molecule has 0 unspecified atom stereocenters. The predicted molar refractivity (Wildman–Crippen MR) is 149 cm³/mol. The topological polar surface area (TPSA) is 84.9 Å². The molecular formula is C27H21BrClFN2O5S. The van der Waals surface area contributed by atoms with Crippen LogP contribution in [0.15, 0.2) is 70.0 Å². The number of hydrogen-bond acceptors (Lipinski definition) is 6. The molecule has 196 valence electrons. The number of imide groups is 1. The molecule has 7 nitrogen and oxygen atoms in total. The van der Waals surface area contributed by atoms with Crippen molar-refractivity contribution in [2.75, 3.05) is 18.5 Å². The first kappa shape index (κ1) is 27.7. The van der Waals surface area contributed by atoms with Crippen LogP contribution < -0.4 is 14.8 Å². The van der Waals surface area contributed by atoms with Gasteiger partial charge in [0.2, 0.25) is 0 Å². The number of benzene rings is 3. The van der Waals surface area contributed by atoms with E-state index in [1.54, 1.807) is 49.4 Å². The van der Waals surface area contributed by atoms with E-state index in [9.17, 15) is 18.8 Å². The van der Waals surface area contributed by atoms with Crippen LogP contribution in [0.1, 0.15) is 18.1 Å². The van der Waals surface area contributed by atoms with Crippen LogP contribution in [0.5, 0.6) is 11.5 Å². The third-order valence-corrected chi connectivity index (χ3v) is 7.11. The molecule has 11 heteroatoms. The second-order valence-electron chi connectivity index (χ2n) is 7.99. The van der Waals surface area contributed by atoms with E-state index in [0.717, 1.165) is 17.3 Å². The number of hydrogen-bond donors (Lipinski definition) is 1. The number of rotatable bonds is 9. The summed E-state index contributed by atoms with van der Waals surface area (Å²) in [5.74, 6) is -0.582. The first-order valence-corrected chi connectivity index (χ1v) is 13.4. The number of anilines is 1. The van der Waals surface area contributed by atoms with E-state index in [0.29, 0.717) is 38.9 Å². The van der Waals surface area contributed by atoms with E-state index in [-0.39, 0.29) is 23.3 Å². The molecule has 1 aliphatic heterocycles. The molecule has 0 aromatic heterocycles. The average Bonchev–Trinajstić information content (AvgIpc) is 3.15. The zero-order chi connectivity index (χ0) is 27.2. The van der Waals surface area contributed by atoms with Gasteiger partial charge in [-0.15, -0.1) is 0 Å². The molecule has 1 N–H and O–H groups in total.